The van der Waals surface area contributed by atoms with Gasteiger partial charge >= 0.3 is 0 Å². The van der Waals surface area contributed by atoms with E-state index in [9.17, 15) is 9.59 Å². The van der Waals surface area contributed by atoms with E-state index < -0.39 is 6.04 Å². The van der Waals surface area contributed by atoms with Crippen molar-refractivity contribution in [1.29, 1.82) is 0 Å². The van der Waals surface area contributed by atoms with Crippen LogP contribution in [0.5, 0.6) is 0 Å². The monoisotopic (exact) mass is 491 g/mol. The maximum absolute atomic E-state index is 13.4. The first-order valence-corrected chi connectivity index (χ1v) is 13.1. The molecule has 0 radical (unpaired) electrons. The van der Waals surface area contributed by atoms with Gasteiger partial charge in [0.25, 0.3) is 5.56 Å². The molecular formula is C30H25N3O2S. The molecule has 36 heavy (non-hydrogen) atoms. The molecular weight excluding hydrogens is 466 g/mol. The fourth-order valence-corrected chi connectivity index (χ4v) is 6.57. The Balaban J connectivity index is 1.37. The summed E-state index contributed by atoms with van der Waals surface area (Å²) < 4.78 is 1.70. The van der Waals surface area contributed by atoms with Crippen LogP contribution in [0.2, 0.25) is 0 Å². The van der Waals surface area contributed by atoms with Gasteiger partial charge in [-0.2, -0.15) is 0 Å². The zero-order chi connectivity index (χ0) is 24.8. The predicted molar refractivity (Wildman–Crippen MR) is 147 cm³/mol. The number of nitrogens with zero attached hydrogens (tertiary/aromatic N) is 1. The van der Waals surface area contributed by atoms with Crippen molar-refractivity contribution in [3.05, 3.63) is 99.3 Å². The lowest BCUT2D eigenvalue weighted by Gasteiger charge is -2.18. The summed E-state index contributed by atoms with van der Waals surface area (Å²) in [5, 5.41) is 6.03. The van der Waals surface area contributed by atoms with Gasteiger partial charge in [-0.3, -0.25) is 14.2 Å². The number of aromatic nitrogens is 1. The second-order valence-electron chi connectivity index (χ2n) is 9.45. The third-order valence-electron chi connectivity index (χ3n) is 7.03. The number of rotatable bonds is 5. The molecule has 1 atom stereocenters. The Hall–Kier alpha value is -3.95. The van der Waals surface area contributed by atoms with E-state index in [1.165, 1.54) is 5.56 Å². The van der Waals surface area contributed by atoms with Crippen LogP contribution in [0.25, 0.3) is 10.8 Å². The van der Waals surface area contributed by atoms with Crippen LogP contribution in [0.1, 0.15) is 47.1 Å². The minimum absolute atomic E-state index is 0.133. The largest absolute Gasteiger partial charge is 0.398 e. The first kappa shape index (κ1) is 22.5. The van der Waals surface area contributed by atoms with Crippen LogP contribution in [0.4, 0.5) is 11.4 Å². The molecule has 1 unspecified atom stereocenters. The molecule has 1 aromatic heterocycles. The Kier molecular flexibility index (Phi) is 5.58. The van der Waals surface area contributed by atoms with E-state index in [2.05, 4.69) is 23.4 Å². The third kappa shape index (κ3) is 3.96. The zero-order valence-corrected chi connectivity index (χ0v) is 20.5. The predicted octanol–water partition coefficient (Wildman–Crippen LogP) is 5.32. The Morgan fingerprint density at radius 2 is 1.86 bits per heavy atom. The van der Waals surface area contributed by atoms with Crippen molar-refractivity contribution < 1.29 is 4.79 Å². The van der Waals surface area contributed by atoms with E-state index in [1.807, 2.05) is 36.4 Å². The van der Waals surface area contributed by atoms with Crippen molar-refractivity contribution in [2.45, 2.75) is 36.2 Å². The molecule has 6 heteroatoms. The molecule has 178 valence electrons. The number of carbonyl (C=O) groups is 1. The minimum atomic E-state index is -0.559. The normalized spacial score (nSPS) is 16.5. The summed E-state index contributed by atoms with van der Waals surface area (Å²) in [6, 6.07) is 20.5. The first-order chi connectivity index (χ1) is 17.5. The third-order valence-corrected chi connectivity index (χ3v) is 8.21. The van der Waals surface area contributed by atoms with Gasteiger partial charge in [-0.1, -0.05) is 42.3 Å². The molecule has 1 fully saturated rings. The standard InChI is InChI=1S/C30H25N3O2S/c1-2-18-6-5-7-22(14-18)32-29(35)26-17-36-30-28(19-10-11-19)21(16-27(34)33(26)30)15-20-12-13-25(31)24-9-4-3-8-23(20)24/h1,3-9,12-14,16,19,26H,10-11,15,17,31H2,(H,32,35). The van der Waals surface area contributed by atoms with Gasteiger partial charge in [0.2, 0.25) is 5.91 Å². The number of terminal acetylenes is 1. The summed E-state index contributed by atoms with van der Waals surface area (Å²) in [6.07, 6.45) is 8.37. The van der Waals surface area contributed by atoms with Crippen molar-refractivity contribution in [2.75, 3.05) is 16.8 Å². The van der Waals surface area contributed by atoms with Gasteiger partial charge in [0.05, 0.1) is 5.03 Å². The number of benzene rings is 3. The molecule has 6 rings (SSSR count). The number of amides is 1. The molecule has 3 aromatic carbocycles. The van der Waals surface area contributed by atoms with Crippen LogP contribution in [-0.2, 0) is 11.2 Å². The van der Waals surface area contributed by atoms with Crippen molar-refractivity contribution in [3.8, 4) is 12.3 Å². The van der Waals surface area contributed by atoms with Gasteiger partial charge in [0, 0.05) is 34.1 Å². The summed E-state index contributed by atoms with van der Waals surface area (Å²) in [6.45, 7) is 0. The summed E-state index contributed by atoms with van der Waals surface area (Å²) in [5.74, 6) is 3.35. The number of nitrogens with two attached hydrogens (primary N) is 1. The second kappa shape index (κ2) is 8.92. The molecule has 1 amide bonds. The minimum Gasteiger partial charge on any atom is -0.398 e. The maximum atomic E-state index is 13.4. The Bertz CT molecular complexity index is 1630. The molecule has 0 spiro atoms. The molecule has 4 aromatic rings. The Labute approximate surface area is 213 Å². The van der Waals surface area contributed by atoms with E-state index in [-0.39, 0.29) is 11.5 Å². The number of thioether (sulfide) groups is 1. The van der Waals surface area contributed by atoms with Crippen molar-refractivity contribution >= 4 is 39.8 Å². The number of nitrogens with one attached hydrogen (secondary N) is 1. The Morgan fingerprint density at radius 1 is 1.06 bits per heavy atom. The van der Waals surface area contributed by atoms with E-state index in [0.29, 0.717) is 29.3 Å². The smallest absolute Gasteiger partial charge is 0.252 e. The molecule has 2 aliphatic rings. The van der Waals surface area contributed by atoms with Crippen LogP contribution in [-0.4, -0.2) is 16.2 Å². The highest BCUT2D eigenvalue weighted by atomic mass is 32.2. The zero-order valence-electron chi connectivity index (χ0n) is 19.7. The SMILES string of the molecule is C#Cc1cccc(NC(=O)C2CSc3c(C4CC4)c(Cc4ccc(N)c5ccccc45)cc(=O)n32)c1. The molecule has 1 aliphatic carbocycles. The summed E-state index contributed by atoms with van der Waals surface area (Å²) >= 11 is 1.61. The molecule has 0 saturated heterocycles. The highest BCUT2D eigenvalue weighted by Gasteiger charge is 2.37. The quantitative estimate of drug-likeness (QED) is 0.293. The molecule has 1 aliphatic heterocycles. The van der Waals surface area contributed by atoms with Gasteiger partial charge in [-0.05, 0) is 71.5 Å². The molecule has 1 saturated carbocycles. The van der Waals surface area contributed by atoms with Gasteiger partial charge < -0.3 is 11.1 Å². The van der Waals surface area contributed by atoms with Crippen LogP contribution < -0.4 is 16.6 Å². The molecule has 0 bridgehead atoms. The summed E-state index contributed by atoms with van der Waals surface area (Å²) in [4.78, 5) is 26.7. The average Bonchev–Trinajstić information content (AvgIpc) is 3.62. The van der Waals surface area contributed by atoms with Crippen molar-refractivity contribution in [2.24, 2.45) is 0 Å². The van der Waals surface area contributed by atoms with Crippen LogP contribution >= 0.6 is 11.8 Å². The second-order valence-corrected chi connectivity index (χ2v) is 10.5. The topological polar surface area (TPSA) is 77.1 Å². The number of hydrogen-bond donors (Lipinski definition) is 2. The number of pyridine rings is 1. The fourth-order valence-electron chi connectivity index (χ4n) is 5.14. The van der Waals surface area contributed by atoms with Crippen molar-refractivity contribution in [3.63, 3.8) is 0 Å². The van der Waals surface area contributed by atoms with Crippen molar-refractivity contribution in [1.82, 2.24) is 4.57 Å². The van der Waals surface area contributed by atoms with E-state index in [1.54, 1.807) is 34.5 Å². The van der Waals surface area contributed by atoms with Crippen LogP contribution in [0, 0.1) is 12.3 Å². The summed E-state index contributed by atoms with van der Waals surface area (Å²) in [7, 11) is 0. The van der Waals surface area contributed by atoms with E-state index >= 15 is 0 Å². The molecule has 5 nitrogen and oxygen atoms in total. The maximum Gasteiger partial charge on any atom is 0.252 e. The van der Waals surface area contributed by atoms with Crippen LogP contribution in [0.3, 0.4) is 0 Å². The highest BCUT2D eigenvalue weighted by molar-refractivity contribution is 7.99. The van der Waals surface area contributed by atoms with Crippen LogP contribution in [0.15, 0.2) is 76.6 Å². The lowest BCUT2D eigenvalue weighted by molar-refractivity contribution is -0.118. The average molecular weight is 492 g/mol. The first-order valence-electron chi connectivity index (χ1n) is 12.1. The van der Waals surface area contributed by atoms with Gasteiger partial charge in [-0.15, -0.1) is 18.2 Å². The van der Waals surface area contributed by atoms with Gasteiger partial charge in [0.1, 0.15) is 6.04 Å². The number of nitrogen functional groups attached to an aromatic ring is 1. The molecule has 3 N–H and O–H groups in total. The number of fused-ring (bicyclic) bond motifs is 2. The molecule has 2 heterocycles. The lowest BCUT2D eigenvalue weighted by atomic mass is 9.94. The number of hydrogen-bond acceptors (Lipinski definition) is 4. The van der Waals surface area contributed by atoms with E-state index in [0.717, 1.165) is 45.5 Å². The van der Waals surface area contributed by atoms with E-state index in [4.69, 9.17) is 12.2 Å². The highest BCUT2D eigenvalue weighted by Crippen LogP contribution is 2.49. The lowest BCUT2D eigenvalue weighted by Crippen LogP contribution is -2.33. The number of carbonyl (C=O) groups excluding carboxylic acids is 1. The number of anilines is 2. The van der Waals surface area contributed by atoms with Gasteiger partial charge in [0.15, 0.2) is 0 Å². The summed E-state index contributed by atoms with van der Waals surface area (Å²) in [5.41, 5.74) is 11.6. The van der Waals surface area contributed by atoms with Gasteiger partial charge in [-0.25, -0.2) is 0 Å². The Morgan fingerprint density at radius 3 is 2.64 bits per heavy atom. The fraction of sp³-hybridized carbons (Fsp3) is 0.200.